The lowest BCUT2D eigenvalue weighted by molar-refractivity contribution is -0.144. The number of benzene rings is 1. The van der Waals surface area contributed by atoms with Crippen LogP contribution in [-0.2, 0) is 16.6 Å². The van der Waals surface area contributed by atoms with E-state index >= 15 is 0 Å². The van der Waals surface area contributed by atoms with Crippen LogP contribution in [0.3, 0.4) is 0 Å². The number of para-hydroxylation sites is 1. The Morgan fingerprint density at radius 2 is 1.92 bits per heavy atom. The van der Waals surface area contributed by atoms with Crippen LogP contribution in [0.15, 0.2) is 30.3 Å². The molecule has 0 radical (unpaired) electrons. The van der Waals surface area contributed by atoms with E-state index in [2.05, 4.69) is 0 Å². The molecule has 1 heterocycles. The zero-order valence-corrected chi connectivity index (χ0v) is 13.8. The van der Waals surface area contributed by atoms with Crippen LogP contribution < -0.4 is 4.74 Å². The van der Waals surface area contributed by atoms with Gasteiger partial charge in [0, 0.05) is 24.0 Å². The van der Waals surface area contributed by atoms with E-state index in [-0.39, 0.29) is 19.0 Å². The molecule has 0 fully saturated rings. The van der Waals surface area contributed by atoms with Crippen LogP contribution in [0.5, 0.6) is 5.75 Å². The molecule has 124 valence electrons. The number of hydrogen-bond acceptors (Lipinski definition) is 5. The molecule has 1 aromatic carbocycles. The summed E-state index contributed by atoms with van der Waals surface area (Å²) in [7, 11) is 1.87. The average Bonchev–Trinajstić information content (AvgIpc) is 2.85. The predicted octanol–water partition coefficient (Wildman–Crippen LogP) is 2.32. The molecule has 0 aliphatic heterocycles. The molecule has 0 atom stereocenters. The minimum absolute atomic E-state index is 0.262. The van der Waals surface area contributed by atoms with Crippen molar-refractivity contribution in [2.75, 3.05) is 13.2 Å². The largest absolute Gasteiger partial charge is 0.481 e. The number of aryl methyl sites for hydroxylation is 1. The van der Waals surface area contributed by atoms with Crippen molar-refractivity contribution in [3.8, 4) is 11.8 Å². The third-order valence-electron chi connectivity index (χ3n) is 3.79. The van der Waals surface area contributed by atoms with E-state index in [1.54, 1.807) is 30.3 Å². The number of nitrogens with zero attached hydrogens (tertiary/aromatic N) is 2. The van der Waals surface area contributed by atoms with Gasteiger partial charge >= 0.3 is 5.97 Å². The summed E-state index contributed by atoms with van der Waals surface area (Å²) in [5.41, 5.74) is 2.65. The van der Waals surface area contributed by atoms with Crippen molar-refractivity contribution < 1.29 is 19.1 Å². The third-order valence-corrected chi connectivity index (χ3v) is 3.79. The summed E-state index contributed by atoms with van der Waals surface area (Å²) in [5.74, 6) is -0.624. The van der Waals surface area contributed by atoms with Gasteiger partial charge in [-0.1, -0.05) is 12.1 Å². The Morgan fingerprint density at radius 3 is 2.54 bits per heavy atom. The molecule has 2 aromatic rings. The summed E-state index contributed by atoms with van der Waals surface area (Å²) in [6, 6.07) is 10.3. The number of esters is 1. The van der Waals surface area contributed by atoms with Crippen molar-refractivity contribution >= 4 is 11.8 Å². The molecule has 0 amide bonds. The van der Waals surface area contributed by atoms with Gasteiger partial charge in [0.15, 0.2) is 13.2 Å². The topological polar surface area (TPSA) is 81.3 Å². The standard InChI is InChI=1S/C18H18N2O4/c1-12-8-15(13(2)20(12)3)16(21)10-24-18(22)11-23-17-7-5-4-6-14(17)9-19/h4-8H,10-11H2,1-3H3. The van der Waals surface area contributed by atoms with E-state index < -0.39 is 5.97 Å². The lowest BCUT2D eigenvalue weighted by Gasteiger charge is -2.08. The van der Waals surface area contributed by atoms with Crippen molar-refractivity contribution in [1.29, 1.82) is 5.26 Å². The van der Waals surface area contributed by atoms with Gasteiger partial charge in [0.1, 0.15) is 11.8 Å². The molecule has 0 bridgehead atoms. The molecule has 2 rings (SSSR count). The summed E-state index contributed by atoms with van der Waals surface area (Å²) in [4.78, 5) is 23.9. The van der Waals surface area contributed by atoms with Crippen LogP contribution >= 0.6 is 0 Å². The number of ether oxygens (including phenoxy) is 2. The van der Waals surface area contributed by atoms with Gasteiger partial charge in [-0.3, -0.25) is 4.79 Å². The van der Waals surface area contributed by atoms with Gasteiger partial charge in [0.05, 0.1) is 5.56 Å². The maximum absolute atomic E-state index is 12.1. The Kier molecular flexibility index (Phi) is 5.38. The second-order valence-corrected chi connectivity index (χ2v) is 5.32. The van der Waals surface area contributed by atoms with Crippen molar-refractivity contribution in [2.45, 2.75) is 13.8 Å². The van der Waals surface area contributed by atoms with Crippen molar-refractivity contribution in [3.05, 3.63) is 52.8 Å². The Hall–Kier alpha value is -3.07. The zero-order chi connectivity index (χ0) is 17.7. The number of hydrogen-bond donors (Lipinski definition) is 0. The van der Waals surface area contributed by atoms with Crippen LogP contribution in [0.25, 0.3) is 0 Å². The van der Waals surface area contributed by atoms with E-state index in [1.807, 2.05) is 31.5 Å². The second-order valence-electron chi connectivity index (χ2n) is 5.32. The summed E-state index contributed by atoms with van der Waals surface area (Å²) in [6.45, 7) is 3.03. The first-order valence-corrected chi connectivity index (χ1v) is 7.37. The smallest absolute Gasteiger partial charge is 0.344 e. The van der Waals surface area contributed by atoms with Gasteiger partial charge in [-0.15, -0.1) is 0 Å². The highest BCUT2D eigenvalue weighted by Crippen LogP contribution is 2.16. The lowest BCUT2D eigenvalue weighted by atomic mass is 10.1. The fourth-order valence-electron chi connectivity index (χ4n) is 2.22. The van der Waals surface area contributed by atoms with Crippen LogP contribution in [0.4, 0.5) is 0 Å². The van der Waals surface area contributed by atoms with Gasteiger partial charge in [0.2, 0.25) is 5.78 Å². The Morgan fingerprint density at radius 1 is 1.21 bits per heavy atom. The van der Waals surface area contributed by atoms with Gasteiger partial charge in [0.25, 0.3) is 0 Å². The molecule has 0 aliphatic carbocycles. The molecule has 0 saturated heterocycles. The molecule has 24 heavy (non-hydrogen) atoms. The number of aromatic nitrogens is 1. The summed E-state index contributed by atoms with van der Waals surface area (Å²) in [5, 5.41) is 8.94. The lowest BCUT2D eigenvalue weighted by Crippen LogP contribution is -2.20. The summed E-state index contributed by atoms with van der Waals surface area (Å²) in [6.07, 6.45) is 0. The van der Waals surface area contributed by atoms with Crippen molar-refractivity contribution in [2.24, 2.45) is 7.05 Å². The fourth-order valence-corrected chi connectivity index (χ4v) is 2.22. The van der Waals surface area contributed by atoms with Crippen molar-refractivity contribution in [1.82, 2.24) is 4.57 Å². The number of carbonyl (C=O) groups is 2. The minimum atomic E-state index is -0.665. The molecule has 0 spiro atoms. The molecule has 0 aliphatic rings. The van der Waals surface area contributed by atoms with Crippen LogP contribution in [0, 0.1) is 25.2 Å². The fraction of sp³-hybridized carbons (Fsp3) is 0.278. The number of rotatable bonds is 6. The molecule has 1 aromatic heterocycles. The van der Waals surface area contributed by atoms with Crippen molar-refractivity contribution in [3.63, 3.8) is 0 Å². The second kappa shape index (κ2) is 7.47. The molecule has 0 unspecified atom stereocenters. The maximum atomic E-state index is 12.1. The normalized spacial score (nSPS) is 10.1. The Balaban J connectivity index is 1.88. The summed E-state index contributed by atoms with van der Waals surface area (Å²) >= 11 is 0. The predicted molar refractivity (Wildman–Crippen MR) is 86.8 cm³/mol. The van der Waals surface area contributed by atoms with E-state index in [0.717, 1.165) is 11.4 Å². The first kappa shape index (κ1) is 17.3. The van der Waals surface area contributed by atoms with Gasteiger partial charge < -0.3 is 14.0 Å². The van der Waals surface area contributed by atoms with E-state index in [0.29, 0.717) is 16.9 Å². The number of nitriles is 1. The zero-order valence-electron chi connectivity index (χ0n) is 13.8. The highest BCUT2D eigenvalue weighted by atomic mass is 16.6. The number of ketones is 1. The van der Waals surface area contributed by atoms with Crippen LogP contribution in [0.2, 0.25) is 0 Å². The van der Waals surface area contributed by atoms with Crippen LogP contribution in [-0.4, -0.2) is 29.5 Å². The quantitative estimate of drug-likeness (QED) is 0.601. The van der Waals surface area contributed by atoms with E-state index in [9.17, 15) is 9.59 Å². The minimum Gasteiger partial charge on any atom is -0.481 e. The highest BCUT2D eigenvalue weighted by molar-refractivity contribution is 5.99. The van der Waals surface area contributed by atoms with Gasteiger partial charge in [-0.2, -0.15) is 5.26 Å². The average molecular weight is 326 g/mol. The Labute approximate surface area is 140 Å². The molecule has 0 saturated carbocycles. The molecule has 6 nitrogen and oxygen atoms in total. The maximum Gasteiger partial charge on any atom is 0.344 e. The number of Topliss-reactive ketones (excluding diaryl/α,β-unsaturated/α-hetero) is 1. The number of carbonyl (C=O) groups excluding carboxylic acids is 2. The van der Waals surface area contributed by atoms with Gasteiger partial charge in [-0.05, 0) is 32.0 Å². The summed E-state index contributed by atoms with van der Waals surface area (Å²) < 4.78 is 12.1. The molecule has 6 heteroatoms. The monoisotopic (exact) mass is 326 g/mol. The third kappa shape index (κ3) is 3.82. The molecular weight excluding hydrogens is 308 g/mol. The van der Waals surface area contributed by atoms with Crippen LogP contribution in [0.1, 0.15) is 27.3 Å². The van der Waals surface area contributed by atoms with Gasteiger partial charge in [-0.25, -0.2) is 4.79 Å². The SMILES string of the molecule is Cc1cc(C(=O)COC(=O)COc2ccccc2C#N)c(C)n1C. The first-order valence-electron chi connectivity index (χ1n) is 7.37. The van der Waals surface area contributed by atoms with E-state index in [1.165, 1.54) is 0 Å². The van der Waals surface area contributed by atoms with E-state index in [4.69, 9.17) is 14.7 Å². The first-order chi connectivity index (χ1) is 11.4. The Bertz CT molecular complexity index is 815. The molecular formula is C18H18N2O4. The molecule has 0 N–H and O–H groups in total. The highest BCUT2D eigenvalue weighted by Gasteiger charge is 2.16.